The van der Waals surface area contributed by atoms with Crippen molar-refractivity contribution in [1.29, 1.82) is 0 Å². The van der Waals surface area contributed by atoms with Gasteiger partial charge in [-0.2, -0.15) is 0 Å². The SMILES string of the molecule is CCCN(Cc1nc2ccccc2[nH]1)CC1CCCCN1. The average molecular weight is 286 g/mol. The Labute approximate surface area is 126 Å². The van der Waals surface area contributed by atoms with E-state index in [0.717, 1.165) is 36.5 Å². The monoisotopic (exact) mass is 286 g/mol. The number of rotatable bonds is 6. The van der Waals surface area contributed by atoms with Gasteiger partial charge >= 0.3 is 0 Å². The predicted molar refractivity (Wildman–Crippen MR) is 87.3 cm³/mol. The van der Waals surface area contributed by atoms with Crippen molar-refractivity contribution < 1.29 is 0 Å². The van der Waals surface area contributed by atoms with Crippen LogP contribution in [-0.4, -0.2) is 40.5 Å². The molecule has 1 aliphatic heterocycles. The van der Waals surface area contributed by atoms with Crippen molar-refractivity contribution >= 4 is 11.0 Å². The molecule has 3 rings (SSSR count). The molecule has 1 fully saturated rings. The number of fused-ring (bicyclic) bond motifs is 1. The lowest BCUT2D eigenvalue weighted by Gasteiger charge is -2.30. The minimum absolute atomic E-state index is 0.648. The summed E-state index contributed by atoms with van der Waals surface area (Å²) in [5.74, 6) is 1.08. The molecule has 0 bridgehead atoms. The van der Waals surface area contributed by atoms with Crippen LogP contribution >= 0.6 is 0 Å². The van der Waals surface area contributed by atoms with E-state index in [1.54, 1.807) is 0 Å². The van der Waals surface area contributed by atoms with Crippen LogP contribution in [0.15, 0.2) is 24.3 Å². The van der Waals surface area contributed by atoms with Gasteiger partial charge in [-0.1, -0.05) is 25.5 Å². The number of H-pyrrole nitrogens is 1. The van der Waals surface area contributed by atoms with Gasteiger partial charge < -0.3 is 10.3 Å². The van der Waals surface area contributed by atoms with Crippen molar-refractivity contribution in [2.24, 2.45) is 0 Å². The maximum atomic E-state index is 4.71. The maximum absolute atomic E-state index is 4.71. The fourth-order valence-electron chi connectivity index (χ4n) is 3.23. The van der Waals surface area contributed by atoms with Crippen molar-refractivity contribution in [2.75, 3.05) is 19.6 Å². The Balaban J connectivity index is 1.65. The second-order valence-electron chi connectivity index (χ2n) is 6.08. The van der Waals surface area contributed by atoms with Gasteiger partial charge in [0.2, 0.25) is 0 Å². The zero-order valence-corrected chi connectivity index (χ0v) is 12.9. The topological polar surface area (TPSA) is 44.0 Å². The molecule has 4 heteroatoms. The number of nitrogens with zero attached hydrogens (tertiary/aromatic N) is 2. The molecule has 1 aromatic carbocycles. The largest absolute Gasteiger partial charge is 0.341 e. The van der Waals surface area contributed by atoms with Gasteiger partial charge in [-0.15, -0.1) is 0 Å². The molecule has 1 aromatic heterocycles. The first-order valence-electron chi connectivity index (χ1n) is 8.24. The van der Waals surface area contributed by atoms with E-state index in [0.29, 0.717) is 6.04 Å². The van der Waals surface area contributed by atoms with Crippen molar-refractivity contribution in [3.05, 3.63) is 30.1 Å². The molecular formula is C17H26N4. The fraction of sp³-hybridized carbons (Fsp3) is 0.588. The van der Waals surface area contributed by atoms with E-state index in [4.69, 9.17) is 4.98 Å². The molecule has 0 radical (unpaired) electrons. The zero-order chi connectivity index (χ0) is 14.5. The summed E-state index contributed by atoms with van der Waals surface area (Å²) in [7, 11) is 0. The number of piperidine rings is 1. The molecule has 114 valence electrons. The molecule has 0 spiro atoms. The van der Waals surface area contributed by atoms with Crippen molar-refractivity contribution in [2.45, 2.75) is 45.2 Å². The fourth-order valence-corrected chi connectivity index (χ4v) is 3.23. The Morgan fingerprint density at radius 3 is 2.95 bits per heavy atom. The Morgan fingerprint density at radius 2 is 2.19 bits per heavy atom. The summed E-state index contributed by atoms with van der Waals surface area (Å²) in [5, 5.41) is 3.65. The van der Waals surface area contributed by atoms with Gasteiger partial charge in [0.25, 0.3) is 0 Å². The van der Waals surface area contributed by atoms with E-state index in [1.807, 2.05) is 6.07 Å². The van der Waals surface area contributed by atoms with Gasteiger partial charge in [0, 0.05) is 12.6 Å². The van der Waals surface area contributed by atoms with Crippen LogP contribution in [0.5, 0.6) is 0 Å². The lowest BCUT2D eigenvalue weighted by atomic mass is 10.0. The van der Waals surface area contributed by atoms with Crippen LogP contribution in [0, 0.1) is 0 Å². The summed E-state index contributed by atoms with van der Waals surface area (Å²) in [6.07, 6.45) is 5.18. The first-order valence-corrected chi connectivity index (χ1v) is 8.24. The number of para-hydroxylation sites is 2. The van der Waals surface area contributed by atoms with Gasteiger partial charge in [-0.3, -0.25) is 4.90 Å². The molecule has 2 N–H and O–H groups in total. The van der Waals surface area contributed by atoms with Gasteiger partial charge in [0.05, 0.1) is 17.6 Å². The number of aromatic nitrogens is 2. The van der Waals surface area contributed by atoms with E-state index >= 15 is 0 Å². The van der Waals surface area contributed by atoms with Gasteiger partial charge in [0.15, 0.2) is 0 Å². The maximum Gasteiger partial charge on any atom is 0.121 e. The molecular weight excluding hydrogens is 260 g/mol. The van der Waals surface area contributed by atoms with Gasteiger partial charge in [-0.25, -0.2) is 4.98 Å². The normalized spacial score (nSPS) is 19.4. The number of imidazole rings is 1. The number of benzene rings is 1. The molecule has 1 aliphatic rings. The van der Waals surface area contributed by atoms with Crippen LogP contribution < -0.4 is 5.32 Å². The number of hydrogen-bond acceptors (Lipinski definition) is 3. The number of hydrogen-bond donors (Lipinski definition) is 2. The van der Waals surface area contributed by atoms with Crippen LogP contribution in [0.3, 0.4) is 0 Å². The standard InChI is InChI=1S/C17H26N4/c1-2-11-21(12-14-7-5-6-10-18-14)13-17-19-15-8-3-4-9-16(15)20-17/h3-4,8-9,14,18H,2,5-7,10-13H2,1H3,(H,19,20). The van der Waals surface area contributed by atoms with Gasteiger partial charge in [-0.05, 0) is 44.5 Å². The molecule has 0 amide bonds. The van der Waals surface area contributed by atoms with E-state index in [1.165, 1.54) is 32.2 Å². The molecule has 4 nitrogen and oxygen atoms in total. The molecule has 1 saturated heterocycles. The second-order valence-corrected chi connectivity index (χ2v) is 6.08. The first kappa shape index (κ1) is 14.5. The van der Waals surface area contributed by atoms with E-state index in [-0.39, 0.29) is 0 Å². The summed E-state index contributed by atoms with van der Waals surface area (Å²) < 4.78 is 0. The highest BCUT2D eigenvalue weighted by atomic mass is 15.2. The Morgan fingerprint density at radius 1 is 1.29 bits per heavy atom. The summed E-state index contributed by atoms with van der Waals surface area (Å²) in [5.41, 5.74) is 2.21. The van der Waals surface area contributed by atoms with E-state index in [9.17, 15) is 0 Å². The van der Waals surface area contributed by atoms with Crippen LogP contribution in [0.2, 0.25) is 0 Å². The summed E-state index contributed by atoms with van der Waals surface area (Å²) in [4.78, 5) is 10.7. The minimum atomic E-state index is 0.648. The number of aromatic amines is 1. The highest BCUT2D eigenvalue weighted by Gasteiger charge is 2.17. The van der Waals surface area contributed by atoms with Crippen LogP contribution in [0.25, 0.3) is 11.0 Å². The van der Waals surface area contributed by atoms with Crippen LogP contribution in [0.4, 0.5) is 0 Å². The average Bonchev–Trinajstić information content (AvgIpc) is 2.90. The van der Waals surface area contributed by atoms with Crippen molar-refractivity contribution in [1.82, 2.24) is 20.2 Å². The second kappa shape index (κ2) is 7.05. The Bertz CT molecular complexity index is 524. The molecule has 2 aromatic rings. The summed E-state index contributed by atoms with van der Waals surface area (Å²) in [6.45, 7) is 6.61. The highest BCUT2D eigenvalue weighted by molar-refractivity contribution is 5.74. The molecule has 1 unspecified atom stereocenters. The Kier molecular flexibility index (Phi) is 4.88. The third-order valence-electron chi connectivity index (χ3n) is 4.24. The first-order chi connectivity index (χ1) is 10.3. The molecule has 0 aliphatic carbocycles. The third-order valence-corrected chi connectivity index (χ3v) is 4.24. The molecule has 21 heavy (non-hydrogen) atoms. The molecule has 1 atom stereocenters. The van der Waals surface area contributed by atoms with Crippen LogP contribution in [0.1, 0.15) is 38.4 Å². The lowest BCUT2D eigenvalue weighted by Crippen LogP contribution is -2.43. The van der Waals surface area contributed by atoms with E-state index in [2.05, 4.69) is 40.3 Å². The van der Waals surface area contributed by atoms with Crippen LogP contribution in [-0.2, 0) is 6.54 Å². The summed E-state index contributed by atoms with van der Waals surface area (Å²) >= 11 is 0. The minimum Gasteiger partial charge on any atom is -0.341 e. The molecule has 0 saturated carbocycles. The summed E-state index contributed by atoms with van der Waals surface area (Å²) in [6, 6.07) is 8.92. The Hall–Kier alpha value is -1.39. The lowest BCUT2D eigenvalue weighted by molar-refractivity contribution is 0.213. The third kappa shape index (κ3) is 3.83. The molecule has 2 heterocycles. The highest BCUT2D eigenvalue weighted by Crippen LogP contribution is 2.14. The predicted octanol–water partition coefficient (Wildman–Crippen LogP) is 2.92. The van der Waals surface area contributed by atoms with E-state index < -0.39 is 0 Å². The smallest absolute Gasteiger partial charge is 0.121 e. The zero-order valence-electron chi connectivity index (χ0n) is 12.9. The number of nitrogens with one attached hydrogen (secondary N) is 2. The quantitative estimate of drug-likeness (QED) is 0.858. The van der Waals surface area contributed by atoms with Gasteiger partial charge in [0.1, 0.15) is 5.82 Å². The van der Waals surface area contributed by atoms with Crippen molar-refractivity contribution in [3.8, 4) is 0 Å². The van der Waals surface area contributed by atoms with Crippen molar-refractivity contribution in [3.63, 3.8) is 0 Å².